The number of amides is 1. The molecule has 1 saturated heterocycles. The molecule has 3 rings (SSSR count). The molecule has 7 heteroatoms. The summed E-state index contributed by atoms with van der Waals surface area (Å²) in [6.07, 6.45) is 7.29. The summed E-state index contributed by atoms with van der Waals surface area (Å²) in [4.78, 5) is 19.2. The smallest absolute Gasteiger partial charge is 0.257 e. The maximum absolute atomic E-state index is 12.5. The van der Waals surface area contributed by atoms with Crippen LogP contribution in [0.3, 0.4) is 0 Å². The first kappa shape index (κ1) is 16.9. The monoisotopic (exact) mass is 331 g/mol. The van der Waals surface area contributed by atoms with Gasteiger partial charge < -0.3 is 10.1 Å². The van der Waals surface area contributed by atoms with E-state index in [1.54, 1.807) is 10.7 Å². The van der Waals surface area contributed by atoms with Crippen LogP contribution in [-0.2, 0) is 11.3 Å². The molecule has 130 valence electrons. The summed E-state index contributed by atoms with van der Waals surface area (Å²) in [6.45, 7) is 8.44. The molecule has 24 heavy (non-hydrogen) atoms. The maximum atomic E-state index is 12.5. The fourth-order valence-corrected chi connectivity index (χ4v) is 2.98. The van der Waals surface area contributed by atoms with Crippen molar-refractivity contribution in [2.24, 2.45) is 0 Å². The van der Waals surface area contributed by atoms with Gasteiger partial charge in [0.1, 0.15) is 5.56 Å². The second-order valence-electron chi connectivity index (χ2n) is 6.14. The SMILES string of the molecule is CCN(CC)Cc1cnc2c(C(=O)N[C@@H]3CCCOC3)cnn2c1. The Labute approximate surface area is 142 Å². The zero-order valence-electron chi connectivity index (χ0n) is 14.4. The molecule has 1 fully saturated rings. The molecule has 0 saturated carbocycles. The number of carbonyl (C=O) groups excluding carboxylic acids is 1. The molecule has 0 unspecified atom stereocenters. The number of fused-ring (bicyclic) bond motifs is 1. The Kier molecular flexibility index (Phi) is 5.42. The van der Waals surface area contributed by atoms with E-state index >= 15 is 0 Å². The van der Waals surface area contributed by atoms with Crippen molar-refractivity contribution in [2.45, 2.75) is 39.3 Å². The van der Waals surface area contributed by atoms with Crippen molar-refractivity contribution in [1.29, 1.82) is 0 Å². The van der Waals surface area contributed by atoms with Crippen LogP contribution >= 0.6 is 0 Å². The molecule has 0 bridgehead atoms. The van der Waals surface area contributed by atoms with Crippen LogP contribution in [0.1, 0.15) is 42.6 Å². The standard InChI is InChI=1S/C17H25N5O2/c1-3-21(4-2)10-13-8-18-16-15(9-19-22(16)11-13)17(23)20-14-6-5-7-24-12-14/h8-9,11,14H,3-7,10,12H2,1-2H3,(H,20,23)/t14-/m1/s1. The van der Waals surface area contributed by atoms with Gasteiger partial charge in [0.2, 0.25) is 0 Å². The average Bonchev–Trinajstić information content (AvgIpc) is 3.03. The van der Waals surface area contributed by atoms with Crippen LogP contribution in [0.2, 0.25) is 0 Å². The van der Waals surface area contributed by atoms with E-state index in [2.05, 4.69) is 34.1 Å². The van der Waals surface area contributed by atoms with Crippen molar-refractivity contribution in [3.63, 3.8) is 0 Å². The second-order valence-corrected chi connectivity index (χ2v) is 6.14. The molecule has 7 nitrogen and oxygen atoms in total. The summed E-state index contributed by atoms with van der Waals surface area (Å²) in [7, 11) is 0. The summed E-state index contributed by atoms with van der Waals surface area (Å²) >= 11 is 0. The lowest BCUT2D eigenvalue weighted by Gasteiger charge is -2.22. The van der Waals surface area contributed by atoms with Gasteiger partial charge >= 0.3 is 0 Å². The van der Waals surface area contributed by atoms with E-state index in [4.69, 9.17) is 4.74 Å². The Morgan fingerprint density at radius 3 is 2.96 bits per heavy atom. The molecule has 1 aliphatic heterocycles. The summed E-state index contributed by atoms with van der Waals surface area (Å²) in [5.41, 5.74) is 2.18. The Morgan fingerprint density at radius 1 is 1.42 bits per heavy atom. The van der Waals surface area contributed by atoms with E-state index in [9.17, 15) is 4.79 Å². The highest BCUT2D eigenvalue weighted by atomic mass is 16.5. The number of nitrogens with one attached hydrogen (secondary N) is 1. The van der Waals surface area contributed by atoms with Crippen molar-refractivity contribution < 1.29 is 9.53 Å². The van der Waals surface area contributed by atoms with Crippen LogP contribution in [0.5, 0.6) is 0 Å². The lowest BCUT2D eigenvalue weighted by Crippen LogP contribution is -2.40. The zero-order chi connectivity index (χ0) is 16.9. The highest BCUT2D eigenvalue weighted by Gasteiger charge is 2.20. The summed E-state index contributed by atoms with van der Waals surface area (Å²) in [6, 6.07) is 0.0724. The van der Waals surface area contributed by atoms with Gasteiger partial charge in [-0.3, -0.25) is 9.69 Å². The van der Waals surface area contributed by atoms with Crippen LogP contribution in [0.25, 0.3) is 5.65 Å². The molecule has 0 radical (unpaired) electrons. The van der Waals surface area contributed by atoms with E-state index < -0.39 is 0 Å². The predicted molar refractivity (Wildman–Crippen MR) is 90.9 cm³/mol. The van der Waals surface area contributed by atoms with Crippen molar-refractivity contribution in [3.05, 3.63) is 29.7 Å². The van der Waals surface area contributed by atoms with Gasteiger partial charge in [-0.15, -0.1) is 0 Å². The minimum atomic E-state index is -0.135. The number of hydrogen-bond donors (Lipinski definition) is 1. The zero-order valence-corrected chi connectivity index (χ0v) is 14.4. The van der Waals surface area contributed by atoms with Crippen molar-refractivity contribution in [2.75, 3.05) is 26.3 Å². The van der Waals surface area contributed by atoms with Crippen LogP contribution in [0.15, 0.2) is 18.6 Å². The summed E-state index contributed by atoms with van der Waals surface area (Å²) < 4.78 is 7.09. The third kappa shape index (κ3) is 3.73. The van der Waals surface area contributed by atoms with E-state index in [-0.39, 0.29) is 11.9 Å². The minimum absolute atomic E-state index is 0.0724. The number of ether oxygens (including phenoxy) is 1. The number of carbonyl (C=O) groups is 1. The second kappa shape index (κ2) is 7.72. The molecule has 0 aromatic carbocycles. The number of rotatable bonds is 6. The van der Waals surface area contributed by atoms with Crippen LogP contribution in [0, 0.1) is 0 Å². The molecular weight excluding hydrogens is 306 g/mol. The highest BCUT2D eigenvalue weighted by molar-refractivity contribution is 5.99. The van der Waals surface area contributed by atoms with Crippen molar-refractivity contribution in [3.8, 4) is 0 Å². The van der Waals surface area contributed by atoms with Crippen molar-refractivity contribution >= 4 is 11.6 Å². The van der Waals surface area contributed by atoms with E-state index in [1.165, 1.54) is 0 Å². The largest absolute Gasteiger partial charge is 0.379 e. The van der Waals surface area contributed by atoms with Crippen LogP contribution in [-0.4, -0.2) is 57.8 Å². The lowest BCUT2D eigenvalue weighted by molar-refractivity contribution is 0.0625. The van der Waals surface area contributed by atoms with E-state index in [0.29, 0.717) is 17.8 Å². The van der Waals surface area contributed by atoms with Gasteiger partial charge in [0.25, 0.3) is 5.91 Å². The number of hydrogen-bond acceptors (Lipinski definition) is 5. The molecule has 1 aliphatic rings. The van der Waals surface area contributed by atoms with Gasteiger partial charge in [0.15, 0.2) is 5.65 Å². The summed E-state index contributed by atoms with van der Waals surface area (Å²) in [5.74, 6) is -0.135. The molecule has 1 atom stereocenters. The maximum Gasteiger partial charge on any atom is 0.257 e. The highest BCUT2D eigenvalue weighted by Crippen LogP contribution is 2.12. The fraction of sp³-hybridized carbons (Fsp3) is 0.588. The van der Waals surface area contributed by atoms with Gasteiger partial charge in [0.05, 0.1) is 18.8 Å². The lowest BCUT2D eigenvalue weighted by atomic mass is 10.1. The first-order chi connectivity index (χ1) is 11.7. The third-order valence-corrected chi connectivity index (χ3v) is 4.45. The normalized spacial score (nSPS) is 18.2. The molecule has 3 heterocycles. The first-order valence-corrected chi connectivity index (χ1v) is 8.64. The van der Waals surface area contributed by atoms with E-state index in [1.807, 2.05) is 12.4 Å². The Morgan fingerprint density at radius 2 is 2.25 bits per heavy atom. The van der Waals surface area contributed by atoms with Gasteiger partial charge in [-0.25, -0.2) is 9.50 Å². The topological polar surface area (TPSA) is 71.8 Å². The molecular formula is C17H25N5O2. The number of aromatic nitrogens is 3. The van der Waals surface area contributed by atoms with E-state index in [0.717, 1.165) is 44.6 Å². The summed E-state index contributed by atoms with van der Waals surface area (Å²) in [5, 5.41) is 7.31. The minimum Gasteiger partial charge on any atom is -0.379 e. The molecule has 2 aromatic rings. The predicted octanol–water partition coefficient (Wildman–Crippen LogP) is 1.48. The molecule has 0 spiro atoms. The Balaban J connectivity index is 1.74. The fourth-order valence-electron chi connectivity index (χ4n) is 2.98. The number of nitrogens with zero attached hydrogens (tertiary/aromatic N) is 4. The molecule has 1 amide bonds. The molecule has 1 N–H and O–H groups in total. The van der Waals surface area contributed by atoms with Crippen molar-refractivity contribution in [1.82, 2.24) is 24.8 Å². The molecule has 2 aromatic heterocycles. The van der Waals surface area contributed by atoms with Gasteiger partial charge in [-0.05, 0) is 25.9 Å². The third-order valence-electron chi connectivity index (χ3n) is 4.45. The first-order valence-electron chi connectivity index (χ1n) is 8.64. The Bertz CT molecular complexity index is 689. The average molecular weight is 331 g/mol. The van der Waals surface area contributed by atoms with Crippen LogP contribution in [0.4, 0.5) is 0 Å². The van der Waals surface area contributed by atoms with Crippen LogP contribution < -0.4 is 5.32 Å². The quantitative estimate of drug-likeness (QED) is 0.868. The van der Waals surface area contributed by atoms with Gasteiger partial charge in [-0.2, -0.15) is 5.10 Å². The van der Waals surface area contributed by atoms with Gasteiger partial charge in [0, 0.05) is 31.1 Å². The molecule has 0 aliphatic carbocycles. The Hall–Kier alpha value is -1.99. The van der Waals surface area contributed by atoms with Gasteiger partial charge in [-0.1, -0.05) is 13.8 Å².